The number of amides is 1. The molecule has 0 bridgehead atoms. The number of carbonyl (C=O) groups is 1. The van der Waals surface area contributed by atoms with Crippen LogP contribution in [0.4, 0.5) is 11.6 Å². The molecule has 8 heteroatoms. The molecule has 5 rings (SSSR count). The predicted molar refractivity (Wildman–Crippen MR) is 135 cm³/mol. The van der Waals surface area contributed by atoms with Crippen molar-refractivity contribution in [2.75, 3.05) is 17.2 Å². The molecule has 2 aromatic carbocycles. The number of anilines is 2. The first-order chi connectivity index (χ1) is 17.0. The Kier molecular flexibility index (Phi) is 6.01. The molecule has 35 heavy (non-hydrogen) atoms. The van der Waals surface area contributed by atoms with Gasteiger partial charge in [-0.25, -0.2) is 4.68 Å². The maximum Gasteiger partial charge on any atom is 0.255 e. The van der Waals surface area contributed by atoms with E-state index < -0.39 is 6.04 Å². The van der Waals surface area contributed by atoms with Crippen LogP contribution in [0, 0.1) is 6.92 Å². The van der Waals surface area contributed by atoms with Gasteiger partial charge >= 0.3 is 0 Å². The number of carbonyl (C=O) groups excluding carboxylic acids is 1. The molecule has 0 aliphatic carbocycles. The minimum Gasteiger partial charge on any atom is -0.494 e. The summed E-state index contributed by atoms with van der Waals surface area (Å²) >= 11 is 0. The highest BCUT2D eigenvalue weighted by Crippen LogP contribution is 2.37. The monoisotopic (exact) mass is 466 g/mol. The van der Waals surface area contributed by atoms with Gasteiger partial charge in [-0.3, -0.25) is 9.78 Å². The van der Waals surface area contributed by atoms with Crippen LogP contribution in [0.1, 0.15) is 31.0 Å². The van der Waals surface area contributed by atoms with E-state index in [-0.39, 0.29) is 5.91 Å². The van der Waals surface area contributed by atoms with Crippen molar-refractivity contribution in [2.24, 2.45) is 0 Å². The van der Waals surface area contributed by atoms with Crippen LogP contribution in [-0.4, -0.2) is 32.3 Å². The lowest BCUT2D eigenvalue weighted by Gasteiger charge is -2.28. The van der Waals surface area contributed by atoms with E-state index in [9.17, 15) is 4.79 Å². The summed E-state index contributed by atoms with van der Waals surface area (Å²) in [6.45, 7) is 6.44. The summed E-state index contributed by atoms with van der Waals surface area (Å²) < 4.78 is 7.40. The van der Waals surface area contributed by atoms with E-state index in [1.54, 1.807) is 29.2 Å². The number of aryl methyl sites for hydroxylation is 1. The fraction of sp³-hybridized carbons (Fsp3) is 0.185. The highest BCUT2D eigenvalue weighted by Gasteiger charge is 2.34. The number of nitrogens with one attached hydrogen (secondary N) is 2. The van der Waals surface area contributed by atoms with Crippen molar-refractivity contribution >= 4 is 17.5 Å². The van der Waals surface area contributed by atoms with Crippen molar-refractivity contribution in [3.8, 4) is 17.1 Å². The average molecular weight is 467 g/mol. The standard InChI is InChI=1S/C27H26N6O2/c1-4-35-22-12-10-19(11-13-22)24-23(26(34)30-21-9-6-14-28-16-21)18(3)29-27-31-25(32-33(24)27)20-8-5-7-17(2)15-20/h5-16,24H,4H2,1-3H3,(H,30,34)(H,29,31,32). The number of nitrogens with zero attached hydrogens (tertiary/aromatic N) is 4. The number of benzene rings is 2. The Balaban J connectivity index is 1.59. The molecular weight excluding hydrogens is 440 g/mol. The molecule has 0 spiro atoms. The minimum atomic E-state index is -0.482. The van der Waals surface area contributed by atoms with Gasteiger partial charge in [-0.05, 0) is 56.7 Å². The second-order valence-corrected chi connectivity index (χ2v) is 8.34. The van der Waals surface area contributed by atoms with Crippen molar-refractivity contribution in [1.29, 1.82) is 0 Å². The number of ether oxygens (including phenoxy) is 1. The summed E-state index contributed by atoms with van der Waals surface area (Å²) in [6, 6.07) is 18.9. The largest absolute Gasteiger partial charge is 0.494 e. The molecule has 8 nitrogen and oxygen atoms in total. The van der Waals surface area contributed by atoms with Gasteiger partial charge in [0.2, 0.25) is 5.95 Å². The third kappa shape index (κ3) is 4.50. The van der Waals surface area contributed by atoms with Crippen LogP contribution in [0.5, 0.6) is 5.75 Å². The van der Waals surface area contributed by atoms with Crippen molar-refractivity contribution in [1.82, 2.24) is 19.7 Å². The Hall–Kier alpha value is -4.46. The van der Waals surface area contributed by atoms with Crippen LogP contribution >= 0.6 is 0 Å². The van der Waals surface area contributed by atoms with Crippen LogP contribution in [0.25, 0.3) is 11.4 Å². The van der Waals surface area contributed by atoms with Crippen molar-refractivity contribution in [2.45, 2.75) is 26.8 Å². The molecule has 2 N–H and O–H groups in total. The number of hydrogen-bond donors (Lipinski definition) is 2. The minimum absolute atomic E-state index is 0.236. The molecule has 1 atom stereocenters. The number of hydrogen-bond acceptors (Lipinski definition) is 6. The highest BCUT2D eigenvalue weighted by atomic mass is 16.5. The molecule has 2 aromatic heterocycles. The molecule has 0 saturated carbocycles. The van der Waals surface area contributed by atoms with E-state index in [1.807, 2.05) is 69.3 Å². The first-order valence-corrected chi connectivity index (χ1v) is 11.5. The third-order valence-electron chi connectivity index (χ3n) is 5.80. The van der Waals surface area contributed by atoms with E-state index in [2.05, 4.69) is 15.6 Å². The fourth-order valence-corrected chi connectivity index (χ4v) is 4.21. The van der Waals surface area contributed by atoms with Gasteiger partial charge < -0.3 is 15.4 Å². The number of pyridine rings is 1. The van der Waals surface area contributed by atoms with Gasteiger partial charge in [0.1, 0.15) is 11.8 Å². The van der Waals surface area contributed by atoms with E-state index in [1.165, 1.54) is 0 Å². The number of rotatable bonds is 6. The summed E-state index contributed by atoms with van der Waals surface area (Å²) in [5.74, 6) is 1.70. The molecule has 1 amide bonds. The van der Waals surface area contributed by atoms with E-state index in [4.69, 9.17) is 14.8 Å². The Bertz CT molecular complexity index is 1390. The number of fused-ring (bicyclic) bond motifs is 1. The molecule has 176 valence electrons. The fourth-order valence-electron chi connectivity index (χ4n) is 4.21. The van der Waals surface area contributed by atoms with Gasteiger partial charge in [0, 0.05) is 17.5 Å². The maximum absolute atomic E-state index is 13.5. The van der Waals surface area contributed by atoms with Gasteiger partial charge in [0.25, 0.3) is 5.91 Å². The van der Waals surface area contributed by atoms with Crippen molar-refractivity contribution in [3.05, 3.63) is 95.5 Å². The summed E-state index contributed by atoms with van der Waals surface area (Å²) in [7, 11) is 0. The summed E-state index contributed by atoms with van der Waals surface area (Å²) in [4.78, 5) is 22.4. The highest BCUT2D eigenvalue weighted by molar-refractivity contribution is 6.05. The Morgan fingerprint density at radius 3 is 2.66 bits per heavy atom. The second kappa shape index (κ2) is 9.42. The van der Waals surface area contributed by atoms with Gasteiger partial charge in [0.15, 0.2) is 5.82 Å². The van der Waals surface area contributed by atoms with Crippen molar-refractivity contribution in [3.63, 3.8) is 0 Å². The molecule has 1 unspecified atom stereocenters. The van der Waals surface area contributed by atoms with Crippen LogP contribution in [0.3, 0.4) is 0 Å². The van der Waals surface area contributed by atoms with Crippen LogP contribution in [0.2, 0.25) is 0 Å². The zero-order valence-corrected chi connectivity index (χ0v) is 19.8. The zero-order chi connectivity index (χ0) is 24.4. The summed E-state index contributed by atoms with van der Waals surface area (Å²) in [6.07, 6.45) is 3.28. The summed E-state index contributed by atoms with van der Waals surface area (Å²) in [5, 5.41) is 11.1. The van der Waals surface area contributed by atoms with E-state index in [0.29, 0.717) is 35.3 Å². The molecule has 4 aromatic rings. The third-order valence-corrected chi connectivity index (χ3v) is 5.80. The zero-order valence-electron chi connectivity index (χ0n) is 19.8. The van der Waals surface area contributed by atoms with Crippen LogP contribution < -0.4 is 15.4 Å². The molecule has 0 saturated heterocycles. The quantitative estimate of drug-likeness (QED) is 0.417. The Morgan fingerprint density at radius 2 is 1.94 bits per heavy atom. The number of aromatic nitrogens is 4. The summed E-state index contributed by atoms with van der Waals surface area (Å²) in [5.41, 5.74) is 4.81. The van der Waals surface area contributed by atoms with Gasteiger partial charge in [-0.2, -0.15) is 4.98 Å². The van der Waals surface area contributed by atoms with E-state index >= 15 is 0 Å². The lowest BCUT2D eigenvalue weighted by Crippen LogP contribution is -2.31. The molecule has 0 radical (unpaired) electrons. The van der Waals surface area contributed by atoms with Crippen molar-refractivity contribution < 1.29 is 9.53 Å². The van der Waals surface area contributed by atoms with Gasteiger partial charge in [0.05, 0.1) is 24.1 Å². The number of allylic oxidation sites excluding steroid dienone is 1. The lowest BCUT2D eigenvalue weighted by molar-refractivity contribution is -0.113. The van der Waals surface area contributed by atoms with Crippen LogP contribution in [-0.2, 0) is 4.79 Å². The average Bonchev–Trinajstić information content (AvgIpc) is 3.28. The van der Waals surface area contributed by atoms with Gasteiger partial charge in [-0.1, -0.05) is 35.9 Å². The first kappa shape index (κ1) is 22.3. The first-order valence-electron chi connectivity index (χ1n) is 11.5. The predicted octanol–water partition coefficient (Wildman–Crippen LogP) is 4.97. The van der Waals surface area contributed by atoms with Gasteiger partial charge in [-0.15, -0.1) is 5.10 Å². The lowest BCUT2D eigenvalue weighted by atomic mass is 9.95. The SMILES string of the molecule is CCOc1ccc(C2C(C(=O)Nc3cccnc3)=C(C)Nc3nc(-c4cccc(C)c4)nn32)cc1. The molecule has 1 aliphatic heterocycles. The normalized spacial score (nSPS) is 14.8. The van der Waals surface area contributed by atoms with Crippen LogP contribution in [0.15, 0.2) is 84.3 Å². The topological polar surface area (TPSA) is 94.0 Å². The maximum atomic E-state index is 13.5. The molecule has 1 aliphatic rings. The molecule has 0 fully saturated rings. The smallest absolute Gasteiger partial charge is 0.255 e. The molecular formula is C27H26N6O2. The Morgan fingerprint density at radius 1 is 1.11 bits per heavy atom. The molecule has 3 heterocycles. The van der Waals surface area contributed by atoms with E-state index in [0.717, 1.165) is 22.4 Å². The second-order valence-electron chi connectivity index (χ2n) is 8.34. The Labute approximate surface area is 203 Å².